The van der Waals surface area contributed by atoms with Crippen molar-refractivity contribution >= 4 is 11.8 Å². The highest BCUT2D eigenvalue weighted by Crippen LogP contribution is 2.34. The number of halogens is 1. The maximum Gasteiger partial charge on any atom is 0.227 e. The summed E-state index contributed by atoms with van der Waals surface area (Å²) in [7, 11) is 0. The number of likely N-dealkylation sites (tertiary alicyclic amines) is 1. The van der Waals surface area contributed by atoms with E-state index < -0.39 is 11.3 Å². The fourth-order valence-electron chi connectivity index (χ4n) is 3.95. The number of amides is 2. The zero-order valence-electron chi connectivity index (χ0n) is 16.7. The van der Waals surface area contributed by atoms with Gasteiger partial charge in [-0.15, -0.1) is 0 Å². The van der Waals surface area contributed by atoms with Gasteiger partial charge in [-0.05, 0) is 55.2 Å². The number of hydrogen-bond acceptors (Lipinski definition) is 3. The highest BCUT2D eigenvalue weighted by Gasteiger charge is 2.39. The quantitative estimate of drug-likeness (QED) is 0.778. The van der Waals surface area contributed by atoms with Gasteiger partial charge in [0.15, 0.2) is 0 Å². The molecule has 1 heterocycles. The Bertz CT molecular complexity index is 869. The molecule has 6 heteroatoms. The Morgan fingerprint density at radius 1 is 1.17 bits per heavy atom. The largest absolute Gasteiger partial charge is 0.493 e. The third-order valence-electron chi connectivity index (χ3n) is 5.52. The number of primary amides is 1. The van der Waals surface area contributed by atoms with E-state index in [1.165, 1.54) is 12.1 Å². The summed E-state index contributed by atoms with van der Waals surface area (Å²) >= 11 is 0. The molecule has 5 nitrogen and oxygen atoms in total. The molecular weight excluding hydrogens is 371 g/mol. The summed E-state index contributed by atoms with van der Waals surface area (Å²) in [5, 5.41) is 0. The van der Waals surface area contributed by atoms with Gasteiger partial charge in [-0.2, -0.15) is 0 Å². The van der Waals surface area contributed by atoms with Gasteiger partial charge in [0.1, 0.15) is 11.6 Å². The Morgan fingerprint density at radius 3 is 2.59 bits per heavy atom. The number of nitrogens with two attached hydrogens (primary N) is 1. The van der Waals surface area contributed by atoms with Crippen LogP contribution >= 0.6 is 0 Å². The number of carbonyl (C=O) groups is 2. The molecule has 1 atom stereocenters. The van der Waals surface area contributed by atoms with E-state index in [9.17, 15) is 14.0 Å². The van der Waals surface area contributed by atoms with Crippen LogP contribution in [0.3, 0.4) is 0 Å². The molecule has 0 unspecified atom stereocenters. The minimum atomic E-state index is -0.542. The molecule has 154 valence electrons. The number of nitrogens with zero attached hydrogens (tertiary/aromatic N) is 1. The minimum absolute atomic E-state index is 0.0367. The fourth-order valence-corrected chi connectivity index (χ4v) is 3.95. The van der Waals surface area contributed by atoms with Crippen LogP contribution in [0.1, 0.15) is 30.4 Å². The number of piperidine rings is 1. The van der Waals surface area contributed by atoms with Gasteiger partial charge in [-0.25, -0.2) is 4.39 Å². The topological polar surface area (TPSA) is 72.6 Å². The van der Waals surface area contributed by atoms with Gasteiger partial charge in [0.2, 0.25) is 11.8 Å². The minimum Gasteiger partial charge on any atom is -0.493 e. The van der Waals surface area contributed by atoms with Crippen LogP contribution in [0.25, 0.3) is 0 Å². The molecule has 1 saturated heterocycles. The normalized spacial score (nSPS) is 19.0. The van der Waals surface area contributed by atoms with Crippen LogP contribution in [0.2, 0.25) is 0 Å². The molecule has 1 aliphatic rings. The molecule has 2 aromatic carbocycles. The van der Waals surface area contributed by atoms with Crippen molar-refractivity contribution in [1.82, 2.24) is 4.90 Å². The van der Waals surface area contributed by atoms with Crippen molar-refractivity contribution in [1.29, 1.82) is 0 Å². The SMILES string of the molecule is Cc1ccccc1CC(=O)N1CCC[C@](COc2ccc(F)cc2)(CC(N)=O)C1. The van der Waals surface area contributed by atoms with Crippen molar-refractivity contribution < 1.29 is 18.7 Å². The summed E-state index contributed by atoms with van der Waals surface area (Å²) in [6.45, 7) is 3.31. The summed E-state index contributed by atoms with van der Waals surface area (Å²) in [6.07, 6.45) is 1.99. The summed E-state index contributed by atoms with van der Waals surface area (Å²) in [6, 6.07) is 13.6. The number of benzene rings is 2. The van der Waals surface area contributed by atoms with E-state index in [1.54, 1.807) is 12.1 Å². The van der Waals surface area contributed by atoms with Gasteiger partial charge in [-0.3, -0.25) is 9.59 Å². The highest BCUT2D eigenvalue weighted by atomic mass is 19.1. The van der Waals surface area contributed by atoms with Crippen LogP contribution in [-0.4, -0.2) is 36.4 Å². The van der Waals surface area contributed by atoms with Crippen LogP contribution in [0.4, 0.5) is 4.39 Å². The van der Waals surface area contributed by atoms with Gasteiger partial charge < -0.3 is 15.4 Å². The Labute approximate surface area is 170 Å². The van der Waals surface area contributed by atoms with E-state index in [2.05, 4.69) is 0 Å². The second-order valence-electron chi connectivity index (χ2n) is 7.91. The highest BCUT2D eigenvalue weighted by molar-refractivity contribution is 5.79. The predicted molar refractivity (Wildman–Crippen MR) is 109 cm³/mol. The zero-order valence-corrected chi connectivity index (χ0v) is 16.7. The van der Waals surface area contributed by atoms with Gasteiger partial charge in [-0.1, -0.05) is 24.3 Å². The Hall–Kier alpha value is -2.89. The lowest BCUT2D eigenvalue weighted by atomic mass is 9.77. The lowest BCUT2D eigenvalue weighted by Gasteiger charge is -2.42. The molecule has 29 heavy (non-hydrogen) atoms. The van der Waals surface area contributed by atoms with Crippen molar-refractivity contribution in [2.24, 2.45) is 11.1 Å². The third-order valence-corrected chi connectivity index (χ3v) is 5.52. The molecule has 0 aliphatic carbocycles. The Balaban J connectivity index is 1.71. The predicted octanol–water partition coefficient (Wildman–Crippen LogP) is 3.24. The molecule has 2 N–H and O–H groups in total. The molecule has 0 aromatic heterocycles. The Kier molecular flexibility index (Phi) is 6.52. The molecular formula is C23H27FN2O3. The van der Waals surface area contributed by atoms with Gasteiger partial charge in [0, 0.05) is 24.9 Å². The monoisotopic (exact) mass is 398 g/mol. The first-order valence-corrected chi connectivity index (χ1v) is 9.86. The van der Waals surface area contributed by atoms with Crippen molar-refractivity contribution in [2.75, 3.05) is 19.7 Å². The van der Waals surface area contributed by atoms with E-state index in [1.807, 2.05) is 36.1 Å². The lowest BCUT2D eigenvalue weighted by Crippen LogP contribution is -2.50. The van der Waals surface area contributed by atoms with Crippen LogP contribution in [-0.2, 0) is 16.0 Å². The number of rotatable bonds is 7. The maximum atomic E-state index is 13.1. The Morgan fingerprint density at radius 2 is 1.90 bits per heavy atom. The summed E-state index contributed by atoms with van der Waals surface area (Å²) in [4.78, 5) is 26.5. The first-order chi connectivity index (χ1) is 13.9. The van der Waals surface area contributed by atoms with E-state index >= 15 is 0 Å². The van der Waals surface area contributed by atoms with Crippen LogP contribution in [0.15, 0.2) is 48.5 Å². The summed E-state index contributed by atoms with van der Waals surface area (Å²) in [5.74, 6) is -0.191. The average molecular weight is 398 g/mol. The van der Waals surface area contributed by atoms with E-state index in [0.717, 1.165) is 24.0 Å². The van der Waals surface area contributed by atoms with Crippen LogP contribution in [0, 0.1) is 18.2 Å². The summed E-state index contributed by atoms with van der Waals surface area (Å²) < 4.78 is 19.0. The number of aryl methyl sites for hydroxylation is 1. The van der Waals surface area contributed by atoms with Gasteiger partial charge >= 0.3 is 0 Å². The first-order valence-electron chi connectivity index (χ1n) is 9.86. The van der Waals surface area contributed by atoms with E-state index in [4.69, 9.17) is 10.5 Å². The number of carbonyl (C=O) groups excluding carboxylic acids is 2. The first kappa shape index (κ1) is 20.8. The van der Waals surface area contributed by atoms with Crippen molar-refractivity contribution in [3.8, 4) is 5.75 Å². The van der Waals surface area contributed by atoms with Crippen molar-refractivity contribution in [3.63, 3.8) is 0 Å². The van der Waals surface area contributed by atoms with Crippen LogP contribution < -0.4 is 10.5 Å². The summed E-state index contributed by atoms with van der Waals surface area (Å²) in [5.41, 5.74) is 7.06. The van der Waals surface area contributed by atoms with E-state index in [0.29, 0.717) is 25.3 Å². The molecule has 2 aromatic rings. The molecule has 0 saturated carbocycles. The van der Waals surface area contributed by atoms with E-state index in [-0.39, 0.29) is 24.8 Å². The molecule has 1 aliphatic heterocycles. The molecule has 0 radical (unpaired) electrons. The lowest BCUT2D eigenvalue weighted by molar-refractivity contribution is -0.136. The maximum absolute atomic E-state index is 13.1. The number of hydrogen-bond donors (Lipinski definition) is 1. The van der Waals surface area contributed by atoms with Gasteiger partial charge in [0.25, 0.3) is 0 Å². The zero-order chi connectivity index (χ0) is 20.9. The molecule has 2 amide bonds. The average Bonchev–Trinajstić information content (AvgIpc) is 2.69. The van der Waals surface area contributed by atoms with Crippen molar-refractivity contribution in [2.45, 2.75) is 32.6 Å². The fraction of sp³-hybridized carbons (Fsp3) is 0.391. The second-order valence-corrected chi connectivity index (χ2v) is 7.91. The smallest absolute Gasteiger partial charge is 0.227 e. The number of ether oxygens (including phenoxy) is 1. The van der Waals surface area contributed by atoms with Crippen LogP contribution in [0.5, 0.6) is 5.75 Å². The second kappa shape index (κ2) is 9.07. The third kappa shape index (κ3) is 5.56. The standard InChI is InChI=1S/C23H27FN2O3/c1-17-5-2-3-6-18(17)13-22(28)26-12-4-11-23(15-26,14-21(25)27)16-29-20-9-7-19(24)8-10-20/h2-3,5-10H,4,11-16H2,1H3,(H2,25,27)/t23-/m0/s1. The molecule has 0 bridgehead atoms. The molecule has 3 rings (SSSR count). The van der Waals surface area contributed by atoms with Crippen molar-refractivity contribution in [3.05, 3.63) is 65.5 Å². The molecule has 0 spiro atoms. The van der Waals surface area contributed by atoms with Gasteiger partial charge in [0.05, 0.1) is 13.0 Å². The molecule has 1 fully saturated rings.